The van der Waals surface area contributed by atoms with Crippen molar-refractivity contribution in [3.63, 3.8) is 0 Å². The molecule has 1 aromatic carbocycles. The van der Waals surface area contributed by atoms with E-state index in [2.05, 4.69) is 65.1 Å². The average Bonchev–Trinajstić information content (AvgIpc) is 2.25. The van der Waals surface area contributed by atoms with Crippen molar-refractivity contribution in [3.8, 4) is 5.75 Å². The lowest BCUT2D eigenvalue weighted by molar-refractivity contribution is 0.242. The summed E-state index contributed by atoms with van der Waals surface area (Å²) in [5.74, 6) is 0.962. The molecule has 18 heavy (non-hydrogen) atoms. The minimum Gasteiger partial charge on any atom is -0.491 e. The Morgan fingerprint density at radius 1 is 1.11 bits per heavy atom. The minimum atomic E-state index is 0.238. The number of benzene rings is 1. The molecule has 2 heteroatoms. The topological polar surface area (TPSA) is 9.23 Å². The van der Waals surface area contributed by atoms with Crippen LogP contribution in [0.1, 0.15) is 51.9 Å². The number of rotatable bonds is 5. The Balaban J connectivity index is 2.75. The van der Waals surface area contributed by atoms with Crippen LogP contribution in [0.4, 0.5) is 0 Å². The maximum atomic E-state index is 5.68. The third-order valence-corrected chi connectivity index (χ3v) is 3.71. The van der Waals surface area contributed by atoms with Crippen molar-refractivity contribution in [1.29, 1.82) is 0 Å². The van der Waals surface area contributed by atoms with Gasteiger partial charge in [-0.3, -0.25) is 0 Å². The summed E-state index contributed by atoms with van der Waals surface area (Å²) in [6.45, 7) is 11.0. The van der Waals surface area contributed by atoms with Crippen LogP contribution < -0.4 is 4.74 Å². The molecule has 0 spiro atoms. The second-order valence-electron chi connectivity index (χ2n) is 6.22. The molecule has 1 aromatic rings. The lowest BCUT2D eigenvalue weighted by Gasteiger charge is -2.25. The van der Waals surface area contributed by atoms with Crippen molar-refractivity contribution in [3.05, 3.63) is 29.8 Å². The van der Waals surface area contributed by atoms with E-state index in [0.29, 0.717) is 10.7 Å². The SMILES string of the molecule is CSC(CC(C)(C)C)c1ccc(OC(C)C)cc1. The van der Waals surface area contributed by atoms with E-state index in [0.717, 1.165) is 5.75 Å². The molecule has 0 heterocycles. The van der Waals surface area contributed by atoms with Crippen molar-refractivity contribution >= 4 is 11.8 Å². The van der Waals surface area contributed by atoms with Crippen LogP contribution in [0.5, 0.6) is 5.75 Å². The van der Waals surface area contributed by atoms with Gasteiger partial charge in [-0.05, 0) is 49.6 Å². The zero-order valence-electron chi connectivity index (χ0n) is 12.5. The van der Waals surface area contributed by atoms with E-state index in [1.807, 2.05) is 11.8 Å². The number of ether oxygens (including phenoxy) is 1. The fourth-order valence-electron chi connectivity index (χ4n) is 1.93. The first-order valence-electron chi connectivity index (χ1n) is 6.61. The van der Waals surface area contributed by atoms with Gasteiger partial charge in [-0.2, -0.15) is 11.8 Å². The van der Waals surface area contributed by atoms with Crippen molar-refractivity contribution in [2.45, 2.75) is 52.4 Å². The van der Waals surface area contributed by atoms with Crippen LogP contribution in [-0.2, 0) is 0 Å². The lowest BCUT2D eigenvalue weighted by Crippen LogP contribution is -2.10. The van der Waals surface area contributed by atoms with Crippen LogP contribution in [0, 0.1) is 5.41 Å². The standard InChI is InChI=1S/C16H26OS/c1-12(2)17-14-9-7-13(8-10-14)15(18-6)11-16(3,4)5/h7-10,12,15H,11H2,1-6H3. The molecule has 0 amide bonds. The van der Waals surface area contributed by atoms with Crippen molar-refractivity contribution in [2.24, 2.45) is 5.41 Å². The summed E-state index contributed by atoms with van der Waals surface area (Å²) < 4.78 is 5.68. The van der Waals surface area contributed by atoms with Gasteiger partial charge in [0.1, 0.15) is 5.75 Å². The van der Waals surface area contributed by atoms with Crippen LogP contribution in [0.2, 0.25) is 0 Å². The van der Waals surface area contributed by atoms with Crippen LogP contribution in [-0.4, -0.2) is 12.4 Å². The van der Waals surface area contributed by atoms with Gasteiger partial charge in [-0.15, -0.1) is 0 Å². The molecular weight excluding hydrogens is 240 g/mol. The number of hydrogen-bond acceptors (Lipinski definition) is 2. The van der Waals surface area contributed by atoms with E-state index in [4.69, 9.17) is 4.74 Å². The smallest absolute Gasteiger partial charge is 0.119 e. The second kappa shape index (κ2) is 6.51. The first-order chi connectivity index (χ1) is 8.31. The molecule has 1 unspecified atom stereocenters. The molecule has 1 atom stereocenters. The van der Waals surface area contributed by atoms with E-state index in [1.165, 1.54) is 12.0 Å². The van der Waals surface area contributed by atoms with Gasteiger partial charge < -0.3 is 4.74 Å². The number of thioether (sulfide) groups is 1. The second-order valence-corrected chi connectivity index (χ2v) is 7.27. The molecule has 0 aliphatic carbocycles. The van der Waals surface area contributed by atoms with Gasteiger partial charge in [0.2, 0.25) is 0 Å². The summed E-state index contributed by atoms with van der Waals surface area (Å²) in [6, 6.07) is 8.57. The molecule has 0 aromatic heterocycles. The van der Waals surface area contributed by atoms with Crippen molar-refractivity contribution < 1.29 is 4.74 Å². The van der Waals surface area contributed by atoms with Gasteiger partial charge in [0.25, 0.3) is 0 Å². The molecule has 0 radical (unpaired) electrons. The van der Waals surface area contributed by atoms with E-state index >= 15 is 0 Å². The Morgan fingerprint density at radius 3 is 2.06 bits per heavy atom. The predicted octanol–water partition coefficient (Wildman–Crippen LogP) is 5.31. The highest BCUT2D eigenvalue weighted by Gasteiger charge is 2.19. The average molecular weight is 266 g/mol. The van der Waals surface area contributed by atoms with Gasteiger partial charge in [0.05, 0.1) is 6.10 Å². The van der Waals surface area contributed by atoms with Gasteiger partial charge in [-0.1, -0.05) is 32.9 Å². The molecule has 1 rings (SSSR count). The minimum absolute atomic E-state index is 0.238. The van der Waals surface area contributed by atoms with Crippen molar-refractivity contribution in [1.82, 2.24) is 0 Å². The van der Waals surface area contributed by atoms with Crippen LogP contribution in [0.3, 0.4) is 0 Å². The highest BCUT2D eigenvalue weighted by atomic mass is 32.2. The molecule has 0 N–H and O–H groups in total. The zero-order chi connectivity index (χ0) is 13.8. The van der Waals surface area contributed by atoms with E-state index in [1.54, 1.807) is 0 Å². The molecule has 0 fully saturated rings. The molecule has 1 nitrogen and oxygen atoms in total. The maximum absolute atomic E-state index is 5.68. The van der Waals surface area contributed by atoms with Crippen molar-refractivity contribution in [2.75, 3.05) is 6.26 Å². The lowest BCUT2D eigenvalue weighted by atomic mass is 9.88. The van der Waals surface area contributed by atoms with Gasteiger partial charge in [0.15, 0.2) is 0 Å². The first kappa shape index (κ1) is 15.4. The molecule has 0 aliphatic rings. The fraction of sp³-hybridized carbons (Fsp3) is 0.625. The zero-order valence-corrected chi connectivity index (χ0v) is 13.3. The normalized spacial score (nSPS) is 13.7. The van der Waals surface area contributed by atoms with E-state index in [9.17, 15) is 0 Å². The summed E-state index contributed by atoms with van der Waals surface area (Å²) in [5.41, 5.74) is 1.76. The Labute approximate surface area is 116 Å². The van der Waals surface area contributed by atoms with Crippen LogP contribution in [0.25, 0.3) is 0 Å². The molecule has 102 valence electrons. The molecule has 0 saturated heterocycles. The predicted molar refractivity (Wildman–Crippen MR) is 82.5 cm³/mol. The van der Waals surface area contributed by atoms with Gasteiger partial charge in [0, 0.05) is 5.25 Å². The van der Waals surface area contributed by atoms with Gasteiger partial charge >= 0.3 is 0 Å². The number of hydrogen-bond donors (Lipinski definition) is 0. The third-order valence-electron chi connectivity index (χ3n) is 2.71. The molecule has 0 aliphatic heterocycles. The third kappa shape index (κ3) is 5.34. The Hall–Kier alpha value is -0.630. The summed E-state index contributed by atoms with van der Waals surface area (Å²) in [4.78, 5) is 0. The first-order valence-corrected chi connectivity index (χ1v) is 7.90. The monoisotopic (exact) mass is 266 g/mol. The molecular formula is C16H26OS. The highest BCUT2D eigenvalue weighted by Crippen LogP contribution is 2.38. The Morgan fingerprint density at radius 2 is 1.67 bits per heavy atom. The fourth-order valence-corrected chi connectivity index (χ4v) is 3.02. The molecule has 0 bridgehead atoms. The largest absolute Gasteiger partial charge is 0.491 e. The van der Waals surface area contributed by atoms with Crippen LogP contribution >= 0.6 is 11.8 Å². The highest BCUT2D eigenvalue weighted by molar-refractivity contribution is 7.98. The van der Waals surface area contributed by atoms with E-state index in [-0.39, 0.29) is 6.10 Å². The summed E-state index contributed by atoms with van der Waals surface area (Å²) in [5, 5.41) is 0.568. The van der Waals surface area contributed by atoms with E-state index < -0.39 is 0 Å². The summed E-state index contributed by atoms with van der Waals surface area (Å²) >= 11 is 1.93. The van der Waals surface area contributed by atoms with Gasteiger partial charge in [-0.25, -0.2) is 0 Å². The summed E-state index contributed by atoms with van der Waals surface area (Å²) in [6.07, 6.45) is 3.62. The summed E-state index contributed by atoms with van der Waals surface area (Å²) in [7, 11) is 0. The maximum Gasteiger partial charge on any atom is 0.119 e. The molecule has 0 saturated carbocycles. The quantitative estimate of drug-likeness (QED) is 0.714. The van der Waals surface area contributed by atoms with Crippen LogP contribution in [0.15, 0.2) is 24.3 Å². The Bertz CT molecular complexity index is 348. The Kier molecular flexibility index (Phi) is 5.58.